The molecular formula is C17H12ClFN4. The molecule has 0 bridgehead atoms. The van der Waals surface area contributed by atoms with Gasteiger partial charge in [-0.25, -0.2) is 14.4 Å². The van der Waals surface area contributed by atoms with Crippen LogP contribution < -0.4 is 0 Å². The summed E-state index contributed by atoms with van der Waals surface area (Å²) >= 11 is 0. The zero-order chi connectivity index (χ0) is 14.9. The standard InChI is InChI=1S/C17H11FN4.ClH/c18-13-3-1-2-12(10-13)16-21-15-14(6-9-20-17(15)22-16)11-4-7-19-8-5-11;/h1-10H,(H,20,21,22);1H. The molecule has 0 radical (unpaired) electrons. The summed E-state index contributed by atoms with van der Waals surface area (Å²) in [7, 11) is 0. The summed E-state index contributed by atoms with van der Waals surface area (Å²) in [6.45, 7) is 0. The molecule has 1 N–H and O–H groups in total. The Morgan fingerprint density at radius 3 is 2.52 bits per heavy atom. The van der Waals surface area contributed by atoms with E-state index in [0.29, 0.717) is 17.0 Å². The average molecular weight is 327 g/mol. The van der Waals surface area contributed by atoms with E-state index in [2.05, 4.69) is 19.9 Å². The molecule has 0 saturated carbocycles. The molecule has 0 aliphatic carbocycles. The van der Waals surface area contributed by atoms with Crippen molar-refractivity contribution in [3.05, 3.63) is 66.9 Å². The van der Waals surface area contributed by atoms with Crippen molar-refractivity contribution < 1.29 is 4.39 Å². The smallest absolute Gasteiger partial charge is 0.178 e. The lowest BCUT2D eigenvalue weighted by atomic mass is 10.1. The molecule has 0 aliphatic heterocycles. The average Bonchev–Trinajstić information content (AvgIpc) is 3.00. The van der Waals surface area contributed by atoms with Crippen molar-refractivity contribution in [1.29, 1.82) is 0 Å². The van der Waals surface area contributed by atoms with Crippen molar-refractivity contribution in [2.45, 2.75) is 0 Å². The van der Waals surface area contributed by atoms with Gasteiger partial charge in [0, 0.05) is 29.7 Å². The molecule has 0 spiro atoms. The number of rotatable bonds is 2. The molecule has 114 valence electrons. The summed E-state index contributed by atoms with van der Waals surface area (Å²) in [6.07, 6.45) is 5.20. The van der Waals surface area contributed by atoms with Gasteiger partial charge in [0.25, 0.3) is 0 Å². The number of H-pyrrole nitrogens is 1. The van der Waals surface area contributed by atoms with Gasteiger partial charge in [0.05, 0.1) is 5.52 Å². The van der Waals surface area contributed by atoms with Crippen LogP contribution in [0, 0.1) is 5.82 Å². The first kappa shape index (κ1) is 15.1. The van der Waals surface area contributed by atoms with Crippen LogP contribution in [0.15, 0.2) is 61.1 Å². The van der Waals surface area contributed by atoms with E-state index >= 15 is 0 Å². The summed E-state index contributed by atoms with van der Waals surface area (Å²) in [5, 5.41) is 0. The highest BCUT2D eigenvalue weighted by Gasteiger charge is 2.11. The van der Waals surface area contributed by atoms with Crippen molar-refractivity contribution >= 4 is 23.6 Å². The van der Waals surface area contributed by atoms with Crippen molar-refractivity contribution in [1.82, 2.24) is 19.9 Å². The second kappa shape index (κ2) is 6.14. The lowest BCUT2D eigenvalue weighted by molar-refractivity contribution is 0.628. The lowest BCUT2D eigenvalue weighted by Crippen LogP contribution is -1.83. The topological polar surface area (TPSA) is 54.5 Å². The van der Waals surface area contributed by atoms with Crippen molar-refractivity contribution in [2.75, 3.05) is 0 Å². The van der Waals surface area contributed by atoms with E-state index in [9.17, 15) is 4.39 Å². The molecule has 1 aromatic carbocycles. The zero-order valence-corrected chi connectivity index (χ0v) is 12.7. The van der Waals surface area contributed by atoms with Crippen molar-refractivity contribution in [2.24, 2.45) is 0 Å². The van der Waals surface area contributed by atoms with Crippen LogP contribution in [-0.2, 0) is 0 Å². The first-order chi connectivity index (χ1) is 10.8. The van der Waals surface area contributed by atoms with Gasteiger partial charge in [-0.15, -0.1) is 12.4 Å². The van der Waals surface area contributed by atoms with E-state index in [0.717, 1.165) is 16.6 Å². The SMILES string of the molecule is Cl.Fc1cccc(-c2nc3nccc(-c4ccncc4)c3[nH]2)c1. The first-order valence-electron chi connectivity index (χ1n) is 6.82. The van der Waals surface area contributed by atoms with Gasteiger partial charge in [-0.2, -0.15) is 0 Å². The van der Waals surface area contributed by atoms with Crippen LogP contribution >= 0.6 is 12.4 Å². The third-order valence-corrected chi connectivity index (χ3v) is 3.48. The molecule has 0 unspecified atom stereocenters. The van der Waals surface area contributed by atoms with E-state index in [-0.39, 0.29) is 18.2 Å². The molecule has 0 atom stereocenters. The Morgan fingerprint density at radius 2 is 1.74 bits per heavy atom. The van der Waals surface area contributed by atoms with Gasteiger partial charge in [0.2, 0.25) is 0 Å². The number of nitrogens with zero attached hydrogens (tertiary/aromatic N) is 3. The quantitative estimate of drug-likeness (QED) is 0.599. The zero-order valence-electron chi connectivity index (χ0n) is 11.9. The van der Waals surface area contributed by atoms with Crippen LogP contribution in [-0.4, -0.2) is 19.9 Å². The first-order valence-corrected chi connectivity index (χ1v) is 6.82. The van der Waals surface area contributed by atoms with E-state index in [4.69, 9.17) is 0 Å². The molecule has 0 saturated heterocycles. The predicted molar refractivity (Wildman–Crippen MR) is 89.8 cm³/mol. The Balaban J connectivity index is 0.00000156. The Morgan fingerprint density at radius 1 is 0.913 bits per heavy atom. The van der Waals surface area contributed by atoms with Gasteiger partial charge in [-0.1, -0.05) is 12.1 Å². The number of hydrogen-bond donors (Lipinski definition) is 1. The van der Waals surface area contributed by atoms with Gasteiger partial charge in [-0.05, 0) is 35.9 Å². The van der Waals surface area contributed by atoms with E-state index < -0.39 is 0 Å². The molecule has 4 rings (SSSR count). The number of aromatic amines is 1. The Kier molecular flexibility index (Phi) is 4.04. The number of halogens is 2. The third-order valence-electron chi connectivity index (χ3n) is 3.48. The number of fused-ring (bicyclic) bond motifs is 1. The minimum absolute atomic E-state index is 0. The van der Waals surface area contributed by atoms with E-state index in [1.807, 2.05) is 24.3 Å². The third kappa shape index (κ3) is 2.78. The molecule has 6 heteroatoms. The van der Waals surface area contributed by atoms with Crippen molar-refractivity contribution in [3.63, 3.8) is 0 Å². The molecule has 4 nitrogen and oxygen atoms in total. The molecule has 0 fully saturated rings. The molecule has 4 aromatic rings. The lowest BCUT2D eigenvalue weighted by Gasteiger charge is -2.01. The fourth-order valence-electron chi connectivity index (χ4n) is 2.46. The minimum atomic E-state index is -0.291. The second-order valence-electron chi connectivity index (χ2n) is 4.89. The molecule has 3 heterocycles. The molecule has 0 aliphatic rings. The van der Waals surface area contributed by atoms with E-state index in [1.54, 1.807) is 24.7 Å². The molecule has 23 heavy (non-hydrogen) atoms. The van der Waals surface area contributed by atoms with E-state index in [1.165, 1.54) is 12.1 Å². The summed E-state index contributed by atoms with van der Waals surface area (Å²) < 4.78 is 13.4. The van der Waals surface area contributed by atoms with Crippen LogP contribution in [0.3, 0.4) is 0 Å². The maximum atomic E-state index is 13.4. The number of benzene rings is 1. The fraction of sp³-hybridized carbons (Fsp3) is 0. The maximum Gasteiger partial charge on any atom is 0.178 e. The summed E-state index contributed by atoms with van der Waals surface area (Å²) in [6, 6.07) is 12.1. The number of hydrogen-bond acceptors (Lipinski definition) is 3. The Labute approximate surface area is 137 Å². The van der Waals surface area contributed by atoms with Gasteiger partial charge in [0.1, 0.15) is 11.6 Å². The monoisotopic (exact) mass is 326 g/mol. The fourth-order valence-corrected chi connectivity index (χ4v) is 2.46. The van der Waals surface area contributed by atoms with Crippen LogP contribution in [0.5, 0.6) is 0 Å². The predicted octanol–water partition coefficient (Wildman–Crippen LogP) is 4.25. The van der Waals surface area contributed by atoms with Crippen LogP contribution in [0.4, 0.5) is 4.39 Å². The molecule has 3 aromatic heterocycles. The van der Waals surface area contributed by atoms with Crippen LogP contribution in [0.2, 0.25) is 0 Å². The molecule has 0 amide bonds. The maximum absolute atomic E-state index is 13.4. The highest BCUT2D eigenvalue weighted by atomic mass is 35.5. The number of imidazole rings is 1. The van der Waals surface area contributed by atoms with Gasteiger partial charge in [-0.3, -0.25) is 4.98 Å². The number of nitrogens with one attached hydrogen (secondary N) is 1. The van der Waals surface area contributed by atoms with Crippen LogP contribution in [0.1, 0.15) is 0 Å². The summed E-state index contributed by atoms with van der Waals surface area (Å²) in [5.41, 5.74) is 4.14. The number of aromatic nitrogens is 4. The number of pyridine rings is 2. The minimum Gasteiger partial charge on any atom is -0.336 e. The van der Waals surface area contributed by atoms with Crippen LogP contribution in [0.25, 0.3) is 33.7 Å². The summed E-state index contributed by atoms with van der Waals surface area (Å²) in [4.78, 5) is 16.0. The highest BCUT2D eigenvalue weighted by Crippen LogP contribution is 2.28. The summed E-state index contributed by atoms with van der Waals surface area (Å²) in [5.74, 6) is 0.309. The van der Waals surface area contributed by atoms with Gasteiger partial charge < -0.3 is 4.98 Å². The normalized spacial score (nSPS) is 10.5. The highest BCUT2D eigenvalue weighted by molar-refractivity contribution is 5.91. The van der Waals surface area contributed by atoms with Crippen molar-refractivity contribution in [3.8, 4) is 22.5 Å². The largest absolute Gasteiger partial charge is 0.336 e. The Hall–Kier alpha value is -2.79. The second-order valence-corrected chi connectivity index (χ2v) is 4.89. The van der Waals surface area contributed by atoms with Gasteiger partial charge >= 0.3 is 0 Å². The van der Waals surface area contributed by atoms with Gasteiger partial charge in [0.15, 0.2) is 5.65 Å². The Bertz CT molecular complexity index is 953. The molecular weight excluding hydrogens is 315 g/mol.